The Bertz CT molecular complexity index is 966. The van der Waals surface area contributed by atoms with E-state index in [-0.39, 0.29) is 24.1 Å². The van der Waals surface area contributed by atoms with Crippen LogP contribution in [0.15, 0.2) is 36.4 Å². The molecular weight excluding hydrogens is 454 g/mol. The lowest BCUT2D eigenvalue weighted by atomic mass is 10.0. The third-order valence-electron chi connectivity index (χ3n) is 5.82. The molecular formula is C25H33N3O7. The van der Waals surface area contributed by atoms with E-state index in [0.717, 1.165) is 24.4 Å². The van der Waals surface area contributed by atoms with Crippen molar-refractivity contribution in [2.75, 3.05) is 67.8 Å². The van der Waals surface area contributed by atoms with E-state index in [9.17, 15) is 9.59 Å². The molecule has 0 unspecified atom stereocenters. The summed E-state index contributed by atoms with van der Waals surface area (Å²) >= 11 is 0. The zero-order valence-electron chi connectivity index (χ0n) is 20.6. The van der Waals surface area contributed by atoms with Crippen molar-refractivity contribution in [2.24, 2.45) is 0 Å². The van der Waals surface area contributed by atoms with Crippen molar-refractivity contribution in [2.45, 2.75) is 6.04 Å². The van der Waals surface area contributed by atoms with Crippen LogP contribution in [-0.4, -0.2) is 84.5 Å². The molecule has 0 aromatic heterocycles. The first-order valence-corrected chi connectivity index (χ1v) is 11.3. The highest BCUT2D eigenvalue weighted by Crippen LogP contribution is 2.38. The molecule has 2 N–H and O–H groups in total. The Morgan fingerprint density at radius 3 is 2.09 bits per heavy atom. The summed E-state index contributed by atoms with van der Waals surface area (Å²) in [6.45, 7) is 3.05. The lowest BCUT2D eigenvalue weighted by Crippen LogP contribution is -2.45. The van der Waals surface area contributed by atoms with E-state index in [0.29, 0.717) is 37.0 Å². The zero-order chi connectivity index (χ0) is 25.2. The van der Waals surface area contributed by atoms with E-state index in [4.69, 9.17) is 23.7 Å². The van der Waals surface area contributed by atoms with Crippen LogP contribution in [-0.2, 0) is 9.53 Å². The summed E-state index contributed by atoms with van der Waals surface area (Å²) in [5.74, 6) is 1.14. The van der Waals surface area contributed by atoms with Gasteiger partial charge in [0.15, 0.2) is 11.5 Å². The Morgan fingerprint density at radius 1 is 0.914 bits per heavy atom. The van der Waals surface area contributed by atoms with E-state index in [2.05, 4.69) is 15.5 Å². The van der Waals surface area contributed by atoms with E-state index in [1.807, 2.05) is 24.3 Å². The van der Waals surface area contributed by atoms with E-state index < -0.39 is 5.91 Å². The molecule has 2 aromatic carbocycles. The highest BCUT2D eigenvalue weighted by molar-refractivity contribution is 5.97. The van der Waals surface area contributed by atoms with Crippen LogP contribution in [0.25, 0.3) is 0 Å². The molecule has 1 heterocycles. The normalized spacial score (nSPS) is 14.5. The topological polar surface area (TPSA) is 108 Å². The Balaban J connectivity index is 1.61. The summed E-state index contributed by atoms with van der Waals surface area (Å²) in [6.07, 6.45) is 0. The first-order valence-electron chi connectivity index (χ1n) is 11.3. The molecule has 10 nitrogen and oxygen atoms in total. The number of nitrogens with zero attached hydrogens (tertiary/aromatic N) is 1. The van der Waals surface area contributed by atoms with Crippen LogP contribution in [0, 0.1) is 0 Å². The van der Waals surface area contributed by atoms with Crippen molar-refractivity contribution in [3.05, 3.63) is 47.5 Å². The van der Waals surface area contributed by atoms with Crippen molar-refractivity contribution >= 4 is 11.8 Å². The molecule has 1 fully saturated rings. The number of nitrogens with one attached hydrogen (secondary N) is 2. The number of hydrogen-bond acceptors (Lipinski definition) is 8. The molecule has 10 heteroatoms. The maximum atomic E-state index is 12.7. The molecule has 3 rings (SSSR count). The summed E-state index contributed by atoms with van der Waals surface area (Å²) in [6, 6.07) is 10.8. The van der Waals surface area contributed by atoms with Gasteiger partial charge in [-0.25, -0.2) is 0 Å². The minimum atomic E-state index is -0.431. The van der Waals surface area contributed by atoms with Crippen molar-refractivity contribution in [3.63, 3.8) is 0 Å². The van der Waals surface area contributed by atoms with Crippen LogP contribution in [0.5, 0.6) is 23.0 Å². The molecule has 2 amide bonds. The van der Waals surface area contributed by atoms with Gasteiger partial charge in [-0.3, -0.25) is 14.5 Å². The molecule has 190 valence electrons. The Morgan fingerprint density at radius 2 is 1.54 bits per heavy atom. The van der Waals surface area contributed by atoms with Crippen LogP contribution >= 0.6 is 0 Å². The summed E-state index contributed by atoms with van der Waals surface area (Å²) in [5, 5.41) is 5.58. The smallest absolute Gasteiger partial charge is 0.251 e. The lowest BCUT2D eigenvalue weighted by Gasteiger charge is -2.35. The van der Waals surface area contributed by atoms with E-state index in [1.165, 1.54) is 33.5 Å². The van der Waals surface area contributed by atoms with Gasteiger partial charge in [-0.1, -0.05) is 12.1 Å². The number of benzene rings is 2. The molecule has 2 aromatic rings. The SMILES string of the molecule is COc1ccc([C@@H](CNC(=O)CNC(=O)c2cc(OC)c(OC)c(OC)c2)N2CCOCC2)cc1. The second kappa shape index (κ2) is 12.8. The predicted molar refractivity (Wildman–Crippen MR) is 130 cm³/mol. The Kier molecular flexibility index (Phi) is 9.56. The largest absolute Gasteiger partial charge is 0.497 e. The monoisotopic (exact) mass is 487 g/mol. The van der Waals surface area contributed by atoms with Crippen molar-refractivity contribution in [1.82, 2.24) is 15.5 Å². The average Bonchev–Trinajstić information content (AvgIpc) is 2.91. The first-order chi connectivity index (χ1) is 17.0. The van der Waals surface area contributed by atoms with Crippen LogP contribution in [0.1, 0.15) is 22.0 Å². The zero-order valence-corrected chi connectivity index (χ0v) is 20.6. The van der Waals surface area contributed by atoms with Crippen LogP contribution < -0.4 is 29.6 Å². The number of ether oxygens (including phenoxy) is 5. The molecule has 1 atom stereocenters. The standard InChI is InChI=1S/C25H33N3O7/c1-31-19-7-5-17(6-8-19)20(28-9-11-35-12-10-28)15-26-23(29)16-27-25(30)18-13-21(32-2)24(34-4)22(14-18)33-3/h5-8,13-14,20H,9-12,15-16H2,1-4H3,(H,26,29)(H,27,30)/t20-/m1/s1. The lowest BCUT2D eigenvalue weighted by molar-refractivity contribution is -0.120. The number of morpholine rings is 1. The van der Waals surface area contributed by atoms with Gasteiger partial charge >= 0.3 is 0 Å². The van der Waals surface area contributed by atoms with E-state index >= 15 is 0 Å². The maximum Gasteiger partial charge on any atom is 0.251 e. The number of carbonyl (C=O) groups is 2. The fourth-order valence-corrected chi connectivity index (χ4v) is 3.92. The fourth-order valence-electron chi connectivity index (χ4n) is 3.92. The van der Waals surface area contributed by atoms with Gasteiger partial charge in [-0.2, -0.15) is 0 Å². The Labute approximate surface area is 205 Å². The van der Waals surface area contributed by atoms with Gasteiger partial charge in [0.1, 0.15) is 5.75 Å². The third kappa shape index (κ3) is 6.77. The minimum absolute atomic E-state index is 0.0282. The van der Waals surface area contributed by atoms with Gasteiger partial charge in [0, 0.05) is 25.2 Å². The highest BCUT2D eigenvalue weighted by Gasteiger charge is 2.24. The van der Waals surface area contributed by atoms with Gasteiger partial charge in [0.2, 0.25) is 11.7 Å². The summed E-state index contributed by atoms with van der Waals surface area (Å²) in [5.41, 5.74) is 1.35. The first kappa shape index (κ1) is 26.1. The second-order valence-corrected chi connectivity index (χ2v) is 7.84. The van der Waals surface area contributed by atoms with Crippen molar-refractivity contribution < 1.29 is 33.3 Å². The van der Waals surface area contributed by atoms with Crippen LogP contribution in [0.3, 0.4) is 0 Å². The van der Waals surface area contributed by atoms with Crippen LogP contribution in [0.2, 0.25) is 0 Å². The van der Waals surface area contributed by atoms with Gasteiger partial charge in [0.25, 0.3) is 5.91 Å². The molecule has 0 spiro atoms. The summed E-state index contributed by atoms with van der Waals surface area (Å²) < 4.78 is 26.6. The number of methoxy groups -OCH3 is 4. The van der Waals surface area contributed by atoms with E-state index in [1.54, 1.807) is 7.11 Å². The second-order valence-electron chi connectivity index (χ2n) is 7.84. The Hall–Kier alpha value is -3.50. The summed E-state index contributed by atoms with van der Waals surface area (Å²) in [7, 11) is 6.06. The fraction of sp³-hybridized carbons (Fsp3) is 0.440. The quantitative estimate of drug-likeness (QED) is 0.493. The minimum Gasteiger partial charge on any atom is -0.497 e. The van der Waals surface area contributed by atoms with Crippen molar-refractivity contribution in [3.8, 4) is 23.0 Å². The van der Waals surface area contributed by atoms with Gasteiger partial charge in [0.05, 0.1) is 54.2 Å². The molecule has 0 saturated carbocycles. The number of carbonyl (C=O) groups excluding carboxylic acids is 2. The number of amides is 2. The van der Waals surface area contributed by atoms with Gasteiger partial charge in [-0.15, -0.1) is 0 Å². The van der Waals surface area contributed by atoms with Gasteiger partial charge < -0.3 is 34.3 Å². The van der Waals surface area contributed by atoms with Gasteiger partial charge in [-0.05, 0) is 29.8 Å². The van der Waals surface area contributed by atoms with Crippen molar-refractivity contribution in [1.29, 1.82) is 0 Å². The average molecular weight is 488 g/mol. The molecule has 1 aliphatic rings. The molecule has 1 aliphatic heterocycles. The van der Waals surface area contributed by atoms with Crippen LogP contribution in [0.4, 0.5) is 0 Å². The number of hydrogen-bond donors (Lipinski definition) is 2. The highest BCUT2D eigenvalue weighted by atomic mass is 16.5. The third-order valence-corrected chi connectivity index (χ3v) is 5.82. The molecule has 0 radical (unpaired) electrons. The molecule has 1 saturated heterocycles. The molecule has 0 aliphatic carbocycles. The molecule has 0 bridgehead atoms. The summed E-state index contributed by atoms with van der Waals surface area (Å²) in [4.78, 5) is 27.5. The number of rotatable bonds is 11. The molecule has 35 heavy (non-hydrogen) atoms. The maximum absolute atomic E-state index is 12.7. The predicted octanol–water partition coefficient (Wildman–Crippen LogP) is 1.64.